The molecule has 2 heterocycles. The molecule has 1 amide bonds. The maximum atomic E-state index is 12.6. The summed E-state index contributed by atoms with van der Waals surface area (Å²) >= 11 is 0.971. The fourth-order valence-corrected chi connectivity index (χ4v) is 4.76. The number of hydrogen-bond acceptors (Lipinski definition) is 6. The van der Waals surface area contributed by atoms with Crippen molar-refractivity contribution in [2.75, 3.05) is 19.0 Å². The van der Waals surface area contributed by atoms with Gasteiger partial charge in [-0.2, -0.15) is 5.10 Å². The van der Waals surface area contributed by atoms with Crippen LogP contribution in [0.15, 0.2) is 46.9 Å². The molecule has 0 spiro atoms. The zero-order valence-corrected chi connectivity index (χ0v) is 16.7. The first-order valence-electron chi connectivity index (χ1n) is 8.08. The van der Waals surface area contributed by atoms with Gasteiger partial charge in [0, 0.05) is 19.4 Å². The average Bonchev–Trinajstić information content (AvgIpc) is 3.31. The van der Waals surface area contributed by atoms with Crippen molar-refractivity contribution in [3.8, 4) is 5.69 Å². The Hall–Kier alpha value is -2.56. The van der Waals surface area contributed by atoms with E-state index in [0.29, 0.717) is 10.8 Å². The normalized spacial score (nSPS) is 11.5. The molecule has 0 saturated carbocycles. The van der Waals surface area contributed by atoms with Gasteiger partial charge in [0.15, 0.2) is 9.34 Å². The van der Waals surface area contributed by atoms with Crippen molar-refractivity contribution in [3.63, 3.8) is 0 Å². The molecule has 0 atom stereocenters. The van der Waals surface area contributed by atoms with E-state index in [2.05, 4.69) is 14.8 Å². The Morgan fingerprint density at radius 1 is 1.30 bits per heavy atom. The summed E-state index contributed by atoms with van der Waals surface area (Å²) < 4.78 is 28.1. The predicted molar refractivity (Wildman–Crippen MR) is 104 cm³/mol. The lowest BCUT2D eigenvalue weighted by Crippen LogP contribution is -2.27. The quantitative estimate of drug-likeness (QED) is 0.674. The highest BCUT2D eigenvalue weighted by Crippen LogP contribution is 2.29. The van der Waals surface area contributed by atoms with Gasteiger partial charge in [-0.1, -0.05) is 23.5 Å². The van der Waals surface area contributed by atoms with E-state index in [9.17, 15) is 13.2 Å². The first-order chi connectivity index (χ1) is 12.8. The first kappa shape index (κ1) is 19.2. The summed E-state index contributed by atoms with van der Waals surface area (Å²) in [5.41, 5.74) is 2.12. The van der Waals surface area contributed by atoms with Crippen LogP contribution in [0.1, 0.15) is 11.3 Å². The van der Waals surface area contributed by atoms with Crippen LogP contribution in [-0.4, -0.2) is 43.2 Å². The number of nitrogens with one attached hydrogen (secondary N) is 1. The third kappa shape index (κ3) is 4.07. The van der Waals surface area contributed by atoms with E-state index in [1.165, 1.54) is 11.9 Å². The Labute approximate surface area is 161 Å². The van der Waals surface area contributed by atoms with Gasteiger partial charge in [0.1, 0.15) is 0 Å². The van der Waals surface area contributed by atoms with Gasteiger partial charge in [0.05, 0.1) is 17.8 Å². The highest BCUT2D eigenvalue weighted by Gasteiger charge is 2.23. The Kier molecular flexibility index (Phi) is 5.40. The minimum atomic E-state index is -3.59. The zero-order chi connectivity index (χ0) is 19.6. The number of aryl methyl sites for hydroxylation is 1. The number of aromatic nitrogens is 3. The molecular formula is C17H19N5O3S2. The van der Waals surface area contributed by atoms with Crippen LogP contribution in [0.5, 0.6) is 0 Å². The second-order valence-corrected chi connectivity index (χ2v) is 8.88. The number of hydrogen-bond donors (Lipinski definition) is 1. The molecule has 27 heavy (non-hydrogen) atoms. The first-order valence-corrected chi connectivity index (χ1v) is 10.4. The molecule has 1 aromatic carbocycles. The van der Waals surface area contributed by atoms with Crippen LogP contribution < -0.4 is 9.62 Å². The lowest BCUT2D eigenvalue weighted by atomic mass is 10.1. The standard InChI is InChI=1S/C17H19N5O3S2/c1-12-16(27(24,25)18-2)26-17(20-12)21(3)15(23)11-13-5-7-14(8-6-13)22-10-4-9-19-22/h4-10,18H,11H2,1-3H3. The second kappa shape index (κ2) is 7.59. The van der Waals surface area contributed by atoms with Gasteiger partial charge < -0.3 is 0 Å². The monoisotopic (exact) mass is 405 g/mol. The van der Waals surface area contributed by atoms with Gasteiger partial charge >= 0.3 is 0 Å². The fourth-order valence-electron chi connectivity index (χ4n) is 2.44. The third-order valence-corrected chi connectivity index (χ3v) is 7.24. The SMILES string of the molecule is CNS(=O)(=O)c1sc(N(C)C(=O)Cc2ccc(-n3cccn3)cc2)nc1C. The molecule has 3 aromatic rings. The molecular weight excluding hydrogens is 386 g/mol. The summed E-state index contributed by atoms with van der Waals surface area (Å²) in [6, 6.07) is 9.35. The van der Waals surface area contributed by atoms with Gasteiger partial charge in [0.2, 0.25) is 5.91 Å². The lowest BCUT2D eigenvalue weighted by molar-refractivity contribution is -0.117. The predicted octanol–water partition coefficient (Wildman–Crippen LogP) is 1.75. The van der Waals surface area contributed by atoms with Crippen LogP contribution in [-0.2, 0) is 21.2 Å². The number of carbonyl (C=O) groups excluding carboxylic acids is 1. The van der Waals surface area contributed by atoms with Crippen LogP contribution in [0, 0.1) is 6.92 Å². The molecule has 142 valence electrons. The van der Waals surface area contributed by atoms with Crippen LogP contribution in [0.25, 0.3) is 5.69 Å². The van der Waals surface area contributed by atoms with Gasteiger partial charge in [-0.15, -0.1) is 0 Å². The summed E-state index contributed by atoms with van der Waals surface area (Å²) in [6.07, 6.45) is 3.73. The Bertz CT molecular complexity index is 1040. The van der Waals surface area contributed by atoms with Crippen molar-refractivity contribution >= 4 is 32.4 Å². The van der Waals surface area contributed by atoms with Gasteiger partial charge in [-0.25, -0.2) is 22.8 Å². The van der Waals surface area contributed by atoms with Crippen molar-refractivity contribution in [1.29, 1.82) is 0 Å². The Morgan fingerprint density at radius 2 is 2.00 bits per heavy atom. The van der Waals surface area contributed by atoms with E-state index >= 15 is 0 Å². The number of likely N-dealkylation sites (N-methyl/N-ethyl adjacent to an activating group) is 1. The van der Waals surface area contributed by atoms with E-state index in [1.807, 2.05) is 36.5 Å². The summed E-state index contributed by atoms with van der Waals surface area (Å²) in [6.45, 7) is 1.61. The largest absolute Gasteiger partial charge is 0.291 e. The minimum Gasteiger partial charge on any atom is -0.291 e. The molecule has 1 N–H and O–H groups in total. The fraction of sp³-hybridized carbons (Fsp3) is 0.235. The van der Waals surface area contributed by atoms with Crippen LogP contribution >= 0.6 is 11.3 Å². The number of nitrogens with zero attached hydrogens (tertiary/aromatic N) is 4. The number of amides is 1. The summed E-state index contributed by atoms with van der Waals surface area (Å²) in [5, 5.41) is 4.51. The van der Waals surface area contributed by atoms with E-state index in [-0.39, 0.29) is 16.5 Å². The average molecular weight is 406 g/mol. The molecule has 0 fully saturated rings. The van der Waals surface area contributed by atoms with Gasteiger partial charge in [-0.05, 0) is 37.7 Å². The molecule has 0 aliphatic rings. The zero-order valence-electron chi connectivity index (χ0n) is 15.1. The third-order valence-electron chi connectivity index (χ3n) is 3.98. The van der Waals surface area contributed by atoms with Crippen LogP contribution in [0.4, 0.5) is 5.13 Å². The van der Waals surface area contributed by atoms with Crippen molar-refractivity contribution in [1.82, 2.24) is 19.5 Å². The smallest absolute Gasteiger partial charge is 0.251 e. The minimum absolute atomic E-state index is 0.114. The molecule has 0 aliphatic carbocycles. The molecule has 3 rings (SSSR count). The number of carbonyl (C=O) groups is 1. The maximum absolute atomic E-state index is 12.6. The lowest BCUT2D eigenvalue weighted by Gasteiger charge is -2.14. The van der Waals surface area contributed by atoms with Gasteiger partial charge in [-0.3, -0.25) is 9.69 Å². The van der Waals surface area contributed by atoms with Crippen LogP contribution in [0.2, 0.25) is 0 Å². The highest BCUT2D eigenvalue weighted by molar-refractivity contribution is 7.91. The number of thiazole rings is 1. The molecule has 0 saturated heterocycles. The van der Waals surface area contributed by atoms with Crippen molar-refractivity contribution < 1.29 is 13.2 Å². The van der Waals surface area contributed by atoms with Crippen molar-refractivity contribution in [2.45, 2.75) is 17.6 Å². The summed E-state index contributed by atoms with van der Waals surface area (Å²) in [4.78, 5) is 18.2. The molecule has 0 bridgehead atoms. The highest BCUT2D eigenvalue weighted by atomic mass is 32.2. The summed E-state index contributed by atoms with van der Waals surface area (Å²) in [5.74, 6) is -0.177. The number of benzene rings is 1. The Balaban J connectivity index is 1.74. The Morgan fingerprint density at radius 3 is 2.59 bits per heavy atom. The van der Waals surface area contributed by atoms with Crippen molar-refractivity contribution in [2.24, 2.45) is 0 Å². The maximum Gasteiger partial charge on any atom is 0.251 e. The number of anilines is 1. The molecule has 2 aromatic heterocycles. The summed E-state index contributed by atoms with van der Waals surface area (Å²) in [7, 11) is -0.658. The molecule has 8 nitrogen and oxygen atoms in total. The molecule has 0 radical (unpaired) electrons. The molecule has 10 heteroatoms. The molecule has 0 aliphatic heterocycles. The molecule has 0 unspecified atom stereocenters. The van der Waals surface area contributed by atoms with E-state index in [0.717, 1.165) is 22.6 Å². The van der Waals surface area contributed by atoms with Crippen molar-refractivity contribution in [3.05, 3.63) is 54.0 Å². The van der Waals surface area contributed by atoms with E-state index < -0.39 is 10.0 Å². The second-order valence-electron chi connectivity index (χ2n) is 5.82. The topological polar surface area (TPSA) is 97.2 Å². The number of rotatable bonds is 6. The number of sulfonamides is 1. The van der Waals surface area contributed by atoms with E-state index in [4.69, 9.17) is 0 Å². The van der Waals surface area contributed by atoms with Gasteiger partial charge in [0.25, 0.3) is 10.0 Å². The van der Waals surface area contributed by atoms with E-state index in [1.54, 1.807) is 24.9 Å². The van der Waals surface area contributed by atoms with Crippen LogP contribution in [0.3, 0.4) is 0 Å².